The van der Waals surface area contributed by atoms with Crippen LogP contribution in [0.5, 0.6) is 5.75 Å². The monoisotopic (exact) mass is 576 g/mol. The zero-order valence-corrected chi connectivity index (χ0v) is 22.2. The molecule has 1 saturated carbocycles. The highest BCUT2D eigenvalue weighted by molar-refractivity contribution is 9.10. The van der Waals surface area contributed by atoms with E-state index in [1.54, 1.807) is 30.5 Å². The first-order valence-corrected chi connectivity index (χ1v) is 13.3. The van der Waals surface area contributed by atoms with Crippen LogP contribution in [0.15, 0.2) is 81.1 Å². The van der Waals surface area contributed by atoms with Crippen molar-refractivity contribution in [1.82, 2.24) is 9.66 Å². The molecule has 1 aliphatic carbocycles. The van der Waals surface area contributed by atoms with E-state index >= 15 is 0 Å². The van der Waals surface area contributed by atoms with Crippen LogP contribution < -0.4 is 15.6 Å². The molecule has 0 bridgehead atoms. The lowest BCUT2D eigenvalue weighted by atomic mass is 9.88. The van der Waals surface area contributed by atoms with Crippen molar-refractivity contribution in [1.29, 1.82) is 0 Å². The van der Waals surface area contributed by atoms with Crippen LogP contribution in [0.2, 0.25) is 0 Å². The smallest absolute Gasteiger partial charge is 0.282 e. The highest BCUT2D eigenvalue weighted by Gasteiger charge is 2.22. The average Bonchev–Trinajstić information content (AvgIpc) is 2.94. The van der Waals surface area contributed by atoms with Gasteiger partial charge in [0.25, 0.3) is 11.5 Å². The summed E-state index contributed by atoms with van der Waals surface area (Å²) in [7, 11) is 0. The molecule has 9 heteroatoms. The SMILES string of the molecule is O=C(COc1ccccc1C=Nn1c(C2CCCCC2)nc2ccc(Br)cc2c1=O)Nc1ccc(F)cc1. The van der Waals surface area contributed by atoms with Gasteiger partial charge in [0.05, 0.1) is 17.1 Å². The van der Waals surface area contributed by atoms with Crippen LogP contribution >= 0.6 is 15.9 Å². The lowest BCUT2D eigenvalue weighted by molar-refractivity contribution is -0.118. The Bertz CT molecular complexity index is 1550. The summed E-state index contributed by atoms with van der Waals surface area (Å²) < 4.78 is 21.1. The number of ether oxygens (including phenoxy) is 1. The molecule has 1 N–H and O–H groups in total. The number of anilines is 1. The van der Waals surface area contributed by atoms with Gasteiger partial charge < -0.3 is 10.1 Å². The van der Waals surface area contributed by atoms with E-state index in [9.17, 15) is 14.0 Å². The third-order valence-corrected chi connectivity index (χ3v) is 7.02. The zero-order chi connectivity index (χ0) is 26.5. The lowest BCUT2D eigenvalue weighted by Crippen LogP contribution is -2.25. The molecule has 0 saturated heterocycles. The predicted octanol–water partition coefficient (Wildman–Crippen LogP) is 6.25. The van der Waals surface area contributed by atoms with Crippen LogP contribution in [-0.4, -0.2) is 28.4 Å². The molecular weight excluding hydrogens is 551 g/mol. The number of carbonyl (C=O) groups excluding carboxylic acids is 1. The number of aromatic nitrogens is 2. The van der Waals surface area contributed by atoms with Gasteiger partial charge in [0.15, 0.2) is 6.61 Å². The van der Waals surface area contributed by atoms with E-state index in [0.29, 0.717) is 33.7 Å². The van der Waals surface area contributed by atoms with Gasteiger partial charge in [-0.15, -0.1) is 0 Å². The summed E-state index contributed by atoms with van der Waals surface area (Å²) in [5.74, 6) is 0.492. The molecule has 1 heterocycles. The van der Waals surface area contributed by atoms with Gasteiger partial charge in [-0.1, -0.05) is 47.3 Å². The molecular formula is C29H26BrFN4O3. The fourth-order valence-electron chi connectivity index (χ4n) is 4.61. The first-order chi connectivity index (χ1) is 18.5. The summed E-state index contributed by atoms with van der Waals surface area (Å²) in [5, 5.41) is 7.73. The molecule has 1 aromatic heterocycles. The Morgan fingerprint density at radius 1 is 1.11 bits per heavy atom. The van der Waals surface area contributed by atoms with Crippen molar-refractivity contribution in [2.24, 2.45) is 5.10 Å². The van der Waals surface area contributed by atoms with Gasteiger partial charge in [0.2, 0.25) is 0 Å². The maximum atomic E-state index is 13.5. The van der Waals surface area contributed by atoms with Crippen molar-refractivity contribution in [2.45, 2.75) is 38.0 Å². The topological polar surface area (TPSA) is 85.6 Å². The highest BCUT2D eigenvalue weighted by atomic mass is 79.9. The number of nitrogens with zero attached hydrogens (tertiary/aromatic N) is 3. The van der Waals surface area contributed by atoms with Crippen molar-refractivity contribution in [3.05, 3.63) is 98.8 Å². The predicted molar refractivity (Wildman–Crippen MR) is 149 cm³/mol. The number of rotatable bonds is 7. The largest absolute Gasteiger partial charge is 0.483 e. The minimum Gasteiger partial charge on any atom is -0.483 e. The number of nitrogens with one attached hydrogen (secondary N) is 1. The number of para-hydroxylation sites is 1. The highest BCUT2D eigenvalue weighted by Crippen LogP contribution is 2.32. The number of carbonyl (C=O) groups is 1. The van der Waals surface area contributed by atoms with Crippen LogP contribution in [0.4, 0.5) is 10.1 Å². The fourth-order valence-corrected chi connectivity index (χ4v) is 4.98. The molecule has 0 aliphatic heterocycles. The maximum absolute atomic E-state index is 13.5. The van der Waals surface area contributed by atoms with Gasteiger partial charge >= 0.3 is 0 Å². The third kappa shape index (κ3) is 5.99. The Labute approximate surface area is 227 Å². The number of fused-ring (bicyclic) bond motifs is 1. The van der Waals surface area contributed by atoms with Crippen LogP contribution in [0.1, 0.15) is 49.4 Å². The zero-order valence-electron chi connectivity index (χ0n) is 20.6. The number of benzene rings is 3. The van der Waals surface area contributed by atoms with E-state index in [1.165, 1.54) is 35.4 Å². The Morgan fingerprint density at radius 3 is 2.66 bits per heavy atom. The molecule has 1 fully saturated rings. The third-order valence-electron chi connectivity index (χ3n) is 6.52. The molecule has 3 aromatic carbocycles. The maximum Gasteiger partial charge on any atom is 0.282 e. The van der Waals surface area contributed by atoms with Crippen molar-refractivity contribution in [2.75, 3.05) is 11.9 Å². The van der Waals surface area contributed by atoms with Crippen LogP contribution in [0.3, 0.4) is 0 Å². The van der Waals surface area contributed by atoms with E-state index in [1.807, 2.05) is 18.2 Å². The van der Waals surface area contributed by atoms with Crippen LogP contribution in [0, 0.1) is 5.82 Å². The minimum absolute atomic E-state index is 0.156. The first-order valence-electron chi connectivity index (χ1n) is 12.5. The van der Waals surface area contributed by atoms with Crippen molar-refractivity contribution >= 4 is 44.6 Å². The molecule has 4 aromatic rings. The van der Waals surface area contributed by atoms with Gasteiger partial charge in [-0.25, -0.2) is 9.37 Å². The second-order valence-corrected chi connectivity index (χ2v) is 10.1. The van der Waals surface area contributed by atoms with Gasteiger partial charge in [-0.05, 0) is 67.4 Å². The second kappa shape index (κ2) is 11.7. The van der Waals surface area contributed by atoms with Crippen LogP contribution in [-0.2, 0) is 4.79 Å². The molecule has 1 amide bonds. The van der Waals surface area contributed by atoms with Gasteiger partial charge in [-0.3, -0.25) is 9.59 Å². The van der Waals surface area contributed by atoms with E-state index in [0.717, 1.165) is 30.2 Å². The number of hydrogen-bond acceptors (Lipinski definition) is 5. The van der Waals surface area contributed by atoms with Gasteiger partial charge in [0.1, 0.15) is 17.4 Å². The minimum atomic E-state index is -0.386. The summed E-state index contributed by atoms with van der Waals surface area (Å²) in [6, 6.07) is 18.1. The standard InChI is InChI=1S/C29H26BrFN4O3/c30-21-10-15-25-24(16-21)29(37)35(28(34-25)19-6-2-1-3-7-19)32-17-20-8-4-5-9-26(20)38-18-27(36)33-23-13-11-22(31)12-14-23/h4-5,8-17,19H,1-3,6-7,18H2,(H,33,36). The molecule has 1 aliphatic rings. The van der Waals surface area contributed by atoms with Crippen molar-refractivity contribution < 1.29 is 13.9 Å². The molecule has 194 valence electrons. The van der Waals surface area contributed by atoms with Crippen LogP contribution in [0.25, 0.3) is 10.9 Å². The molecule has 0 spiro atoms. The summed E-state index contributed by atoms with van der Waals surface area (Å²) in [6.07, 6.45) is 6.87. The summed E-state index contributed by atoms with van der Waals surface area (Å²) in [5.41, 5.74) is 1.50. The number of amides is 1. The summed E-state index contributed by atoms with van der Waals surface area (Å²) in [6.45, 7) is -0.249. The summed E-state index contributed by atoms with van der Waals surface area (Å²) in [4.78, 5) is 30.8. The average molecular weight is 577 g/mol. The van der Waals surface area contributed by atoms with Crippen molar-refractivity contribution in [3.8, 4) is 5.75 Å². The number of halogens is 2. The normalized spacial score (nSPS) is 14.2. The van der Waals surface area contributed by atoms with Gasteiger partial charge in [-0.2, -0.15) is 9.78 Å². The van der Waals surface area contributed by atoms with E-state index < -0.39 is 0 Å². The Hall–Kier alpha value is -3.85. The molecule has 0 radical (unpaired) electrons. The first kappa shape index (κ1) is 25.8. The van der Waals surface area contributed by atoms with Crippen molar-refractivity contribution in [3.63, 3.8) is 0 Å². The van der Waals surface area contributed by atoms with E-state index in [4.69, 9.17) is 9.72 Å². The fraction of sp³-hybridized carbons (Fsp3) is 0.241. The quantitative estimate of drug-likeness (QED) is 0.264. The Morgan fingerprint density at radius 2 is 1.87 bits per heavy atom. The molecule has 5 rings (SSSR count). The van der Waals surface area contributed by atoms with E-state index in [-0.39, 0.29) is 29.8 Å². The second-order valence-electron chi connectivity index (χ2n) is 9.21. The lowest BCUT2D eigenvalue weighted by Gasteiger charge is -2.22. The molecule has 0 unspecified atom stereocenters. The van der Waals surface area contributed by atoms with E-state index in [2.05, 4.69) is 26.3 Å². The molecule has 0 atom stereocenters. The molecule has 38 heavy (non-hydrogen) atoms. The number of hydrogen-bond donors (Lipinski definition) is 1. The Balaban J connectivity index is 1.41. The summed E-state index contributed by atoms with van der Waals surface area (Å²) >= 11 is 3.44. The Kier molecular flexibility index (Phi) is 7.93. The molecule has 7 nitrogen and oxygen atoms in total. The van der Waals surface area contributed by atoms with Gasteiger partial charge in [0, 0.05) is 21.6 Å².